The van der Waals surface area contributed by atoms with Crippen molar-refractivity contribution >= 4 is 17.9 Å². The normalized spacial score (nSPS) is 10.0. The Kier molecular flexibility index (Phi) is 4.76. The van der Waals surface area contributed by atoms with Gasteiger partial charge in [0.05, 0.1) is 18.8 Å². The lowest BCUT2D eigenvalue weighted by Crippen LogP contribution is -2.14. The van der Waals surface area contributed by atoms with E-state index in [0.29, 0.717) is 29.2 Å². The number of aromatic amines is 1. The van der Waals surface area contributed by atoms with Gasteiger partial charge in [0.25, 0.3) is 0 Å². The van der Waals surface area contributed by atoms with Crippen LogP contribution < -0.4 is 5.32 Å². The van der Waals surface area contributed by atoms with Gasteiger partial charge in [-0.1, -0.05) is 0 Å². The number of esters is 1. The average molecular weight is 254 g/mol. The molecule has 0 atom stereocenters. The van der Waals surface area contributed by atoms with Crippen molar-refractivity contribution in [3.05, 3.63) is 16.8 Å². The molecule has 6 nitrogen and oxygen atoms in total. The summed E-state index contributed by atoms with van der Waals surface area (Å²) in [5.74, 6) is 0.0506. The first kappa shape index (κ1) is 14.1. The van der Waals surface area contributed by atoms with Gasteiger partial charge in [0.15, 0.2) is 0 Å². The fourth-order valence-corrected chi connectivity index (χ4v) is 1.65. The molecule has 0 radical (unpaired) electrons. The Morgan fingerprint density at radius 1 is 1.17 bits per heavy atom. The highest BCUT2D eigenvalue weighted by Gasteiger charge is 2.20. The number of carbonyl (C=O) groups excluding carboxylic acids is 2. The smallest absolute Gasteiger partial charge is 0.412 e. The maximum atomic E-state index is 11.7. The fraction of sp³-hybridized carbons (Fsp3) is 0.500. The lowest BCUT2D eigenvalue weighted by Gasteiger charge is -2.04. The van der Waals surface area contributed by atoms with Gasteiger partial charge in [0.2, 0.25) is 0 Å². The number of aryl methyl sites for hydroxylation is 1. The molecule has 0 saturated carbocycles. The second-order valence-corrected chi connectivity index (χ2v) is 3.69. The van der Waals surface area contributed by atoms with Crippen LogP contribution in [0.5, 0.6) is 0 Å². The number of hydrogen-bond donors (Lipinski definition) is 2. The van der Waals surface area contributed by atoms with E-state index in [-0.39, 0.29) is 6.61 Å². The van der Waals surface area contributed by atoms with E-state index in [2.05, 4.69) is 10.3 Å². The van der Waals surface area contributed by atoms with Crippen LogP contribution in [0.3, 0.4) is 0 Å². The molecule has 0 bridgehead atoms. The Balaban J connectivity index is 2.93. The molecular weight excluding hydrogens is 236 g/mol. The first-order valence-corrected chi connectivity index (χ1v) is 5.81. The third kappa shape index (κ3) is 3.03. The molecule has 0 unspecified atom stereocenters. The zero-order chi connectivity index (χ0) is 13.7. The van der Waals surface area contributed by atoms with E-state index in [1.54, 1.807) is 27.7 Å². The number of ether oxygens (including phenoxy) is 2. The van der Waals surface area contributed by atoms with E-state index in [4.69, 9.17) is 9.47 Å². The van der Waals surface area contributed by atoms with Gasteiger partial charge in [0.1, 0.15) is 5.82 Å². The Hall–Kier alpha value is -1.98. The number of nitrogens with one attached hydrogen (secondary N) is 2. The highest BCUT2D eigenvalue weighted by molar-refractivity contribution is 5.96. The minimum Gasteiger partial charge on any atom is -0.462 e. The third-order valence-electron chi connectivity index (χ3n) is 2.42. The summed E-state index contributed by atoms with van der Waals surface area (Å²) in [6, 6.07) is 0. The van der Waals surface area contributed by atoms with Crippen molar-refractivity contribution in [2.24, 2.45) is 0 Å². The SMILES string of the molecule is CCOC(=O)Nc1[nH]c(C)c(C(=O)OCC)c1C. The van der Waals surface area contributed by atoms with Crippen LogP contribution in [0, 0.1) is 13.8 Å². The summed E-state index contributed by atoms with van der Waals surface area (Å²) in [6.07, 6.45) is -0.558. The van der Waals surface area contributed by atoms with E-state index in [1.807, 2.05) is 0 Å². The Morgan fingerprint density at radius 2 is 1.78 bits per heavy atom. The van der Waals surface area contributed by atoms with Crippen molar-refractivity contribution in [3.8, 4) is 0 Å². The second kappa shape index (κ2) is 6.09. The van der Waals surface area contributed by atoms with E-state index in [0.717, 1.165) is 0 Å². The summed E-state index contributed by atoms with van der Waals surface area (Å²) in [5, 5.41) is 2.54. The maximum absolute atomic E-state index is 11.7. The topological polar surface area (TPSA) is 80.4 Å². The number of amides is 1. The summed E-state index contributed by atoms with van der Waals surface area (Å²) in [4.78, 5) is 26.0. The fourth-order valence-electron chi connectivity index (χ4n) is 1.65. The summed E-state index contributed by atoms with van der Waals surface area (Å²) in [6.45, 7) is 7.54. The van der Waals surface area contributed by atoms with Gasteiger partial charge < -0.3 is 14.5 Å². The minimum absolute atomic E-state index is 0.287. The third-order valence-corrected chi connectivity index (χ3v) is 2.42. The largest absolute Gasteiger partial charge is 0.462 e. The molecule has 0 aromatic carbocycles. The molecule has 0 aliphatic heterocycles. The van der Waals surface area contributed by atoms with Crippen molar-refractivity contribution in [3.63, 3.8) is 0 Å². The summed E-state index contributed by atoms with van der Waals surface area (Å²) < 4.78 is 9.72. The van der Waals surface area contributed by atoms with Crippen molar-refractivity contribution < 1.29 is 19.1 Å². The van der Waals surface area contributed by atoms with Crippen molar-refractivity contribution in [2.45, 2.75) is 27.7 Å². The van der Waals surface area contributed by atoms with Crippen LogP contribution in [0.2, 0.25) is 0 Å². The van der Waals surface area contributed by atoms with E-state index >= 15 is 0 Å². The van der Waals surface area contributed by atoms with Crippen LogP contribution >= 0.6 is 0 Å². The Bertz CT molecular complexity index is 451. The zero-order valence-electron chi connectivity index (χ0n) is 11.0. The van der Waals surface area contributed by atoms with Gasteiger partial charge in [-0.25, -0.2) is 9.59 Å². The second-order valence-electron chi connectivity index (χ2n) is 3.69. The monoisotopic (exact) mass is 254 g/mol. The number of rotatable bonds is 4. The summed E-state index contributed by atoms with van der Waals surface area (Å²) >= 11 is 0. The standard InChI is InChI=1S/C12H18N2O4/c1-5-17-11(15)9-7(3)10(13-8(9)4)14-12(16)18-6-2/h13H,5-6H2,1-4H3,(H,14,16). The van der Waals surface area contributed by atoms with Gasteiger partial charge in [-0.3, -0.25) is 5.32 Å². The molecule has 100 valence electrons. The highest BCUT2D eigenvalue weighted by atomic mass is 16.5. The highest BCUT2D eigenvalue weighted by Crippen LogP contribution is 2.23. The first-order valence-electron chi connectivity index (χ1n) is 5.81. The molecule has 0 saturated heterocycles. The predicted octanol–water partition coefficient (Wildman–Crippen LogP) is 2.38. The molecule has 0 spiro atoms. The molecule has 1 aromatic heterocycles. The molecule has 1 amide bonds. The number of hydrogen-bond acceptors (Lipinski definition) is 4. The van der Waals surface area contributed by atoms with Crippen LogP contribution in [0.25, 0.3) is 0 Å². The summed E-state index contributed by atoms with van der Waals surface area (Å²) in [5.41, 5.74) is 1.74. The van der Waals surface area contributed by atoms with Crippen LogP contribution in [-0.2, 0) is 9.47 Å². The van der Waals surface area contributed by atoms with E-state index in [9.17, 15) is 9.59 Å². The Labute approximate surface area is 106 Å². The van der Waals surface area contributed by atoms with E-state index in [1.165, 1.54) is 0 Å². The maximum Gasteiger partial charge on any atom is 0.412 e. The quantitative estimate of drug-likeness (QED) is 0.808. The molecule has 18 heavy (non-hydrogen) atoms. The molecule has 0 aliphatic carbocycles. The minimum atomic E-state index is -0.558. The molecule has 1 heterocycles. The molecular formula is C12H18N2O4. The molecule has 0 aliphatic rings. The van der Waals surface area contributed by atoms with Gasteiger partial charge >= 0.3 is 12.1 Å². The molecule has 2 N–H and O–H groups in total. The molecule has 0 fully saturated rings. The zero-order valence-corrected chi connectivity index (χ0v) is 11.0. The number of carbonyl (C=O) groups is 2. The van der Waals surface area contributed by atoms with Crippen molar-refractivity contribution in [2.75, 3.05) is 18.5 Å². The predicted molar refractivity (Wildman–Crippen MR) is 66.9 cm³/mol. The molecule has 1 aromatic rings. The molecule has 1 rings (SSSR count). The molecule has 6 heteroatoms. The van der Waals surface area contributed by atoms with Gasteiger partial charge in [-0.15, -0.1) is 0 Å². The van der Waals surface area contributed by atoms with Gasteiger partial charge in [-0.05, 0) is 27.7 Å². The number of aromatic nitrogens is 1. The van der Waals surface area contributed by atoms with Crippen LogP contribution in [0.15, 0.2) is 0 Å². The van der Waals surface area contributed by atoms with Crippen molar-refractivity contribution in [1.82, 2.24) is 4.98 Å². The number of anilines is 1. The van der Waals surface area contributed by atoms with Crippen LogP contribution in [0.4, 0.5) is 10.6 Å². The van der Waals surface area contributed by atoms with Gasteiger partial charge in [-0.2, -0.15) is 0 Å². The van der Waals surface area contributed by atoms with Crippen molar-refractivity contribution in [1.29, 1.82) is 0 Å². The van der Waals surface area contributed by atoms with Gasteiger partial charge in [0, 0.05) is 11.3 Å². The lowest BCUT2D eigenvalue weighted by atomic mass is 10.1. The number of H-pyrrole nitrogens is 1. The van der Waals surface area contributed by atoms with Crippen LogP contribution in [0.1, 0.15) is 35.5 Å². The first-order chi connectivity index (χ1) is 8.51. The lowest BCUT2D eigenvalue weighted by molar-refractivity contribution is 0.0525. The summed E-state index contributed by atoms with van der Waals surface area (Å²) in [7, 11) is 0. The van der Waals surface area contributed by atoms with E-state index < -0.39 is 12.1 Å². The Morgan fingerprint density at radius 3 is 2.33 bits per heavy atom. The average Bonchev–Trinajstić information content (AvgIpc) is 2.54. The van der Waals surface area contributed by atoms with Crippen LogP contribution in [-0.4, -0.2) is 30.3 Å².